The molecule has 0 fully saturated rings. The van der Waals surface area contributed by atoms with Crippen LogP contribution in [0.5, 0.6) is 5.75 Å². The zero-order chi connectivity index (χ0) is 17.5. The van der Waals surface area contributed by atoms with E-state index in [9.17, 15) is 4.79 Å². The largest absolute Gasteiger partial charge is 0.484 e. The molecule has 1 heterocycles. The highest BCUT2D eigenvalue weighted by atomic mass is 32.1. The summed E-state index contributed by atoms with van der Waals surface area (Å²) in [5.74, 6) is 0.559. The minimum atomic E-state index is -0.126. The second-order valence-electron chi connectivity index (χ2n) is 5.64. The van der Waals surface area contributed by atoms with Crippen LogP contribution in [0.15, 0.2) is 60.0 Å². The summed E-state index contributed by atoms with van der Waals surface area (Å²) in [5.41, 5.74) is 3.29. The highest BCUT2D eigenvalue weighted by molar-refractivity contribution is 7.09. The molecule has 0 radical (unpaired) electrons. The van der Waals surface area contributed by atoms with Crippen molar-refractivity contribution in [2.45, 2.75) is 13.3 Å². The van der Waals surface area contributed by atoms with E-state index in [2.05, 4.69) is 22.4 Å². The first-order valence-corrected chi connectivity index (χ1v) is 9.05. The number of carbonyl (C=O) groups excluding carboxylic acids is 1. The van der Waals surface area contributed by atoms with Crippen molar-refractivity contribution < 1.29 is 9.53 Å². The van der Waals surface area contributed by atoms with Crippen molar-refractivity contribution in [3.05, 3.63) is 70.7 Å². The molecule has 3 rings (SSSR count). The fraction of sp³-hybridized carbons (Fsp3) is 0.200. The van der Waals surface area contributed by atoms with E-state index in [-0.39, 0.29) is 12.5 Å². The van der Waals surface area contributed by atoms with Crippen molar-refractivity contribution in [2.75, 3.05) is 13.2 Å². The minimum Gasteiger partial charge on any atom is -0.484 e. The maximum Gasteiger partial charge on any atom is 0.257 e. The SMILES string of the molecule is Cc1nc(CCNC(=O)COc2ccc(-c3ccccc3)cc2)cs1. The van der Waals surface area contributed by atoms with Crippen LogP contribution in [0, 0.1) is 6.92 Å². The van der Waals surface area contributed by atoms with E-state index >= 15 is 0 Å². The molecule has 25 heavy (non-hydrogen) atoms. The Kier molecular flexibility index (Phi) is 5.80. The molecule has 2 aromatic carbocycles. The van der Waals surface area contributed by atoms with E-state index < -0.39 is 0 Å². The lowest BCUT2D eigenvalue weighted by molar-refractivity contribution is -0.123. The molecule has 3 aromatic rings. The van der Waals surface area contributed by atoms with Gasteiger partial charge in [0.15, 0.2) is 6.61 Å². The number of aryl methyl sites for hydroxylation is 1. The number of amides is 1. The van der Waals surface area contributed by atoms with Gasteiger partial charge in [0, 0.05) is 18.3 Å². The first-order chi connectivity index (χ1) is 12.2. The standard InChI is InChI=1S/C20H20N2O2S/c1-15-22-18(14-25-15)11-12-21-20(23)13-24-19-9-7-17(8-10-19)16-5-3-2-4-6-16/h2-10,14H,11-13H2,1H3,(H,21,23). The monoisotopic (exact) mass is 352 g/mol. The second kappa shape index (κ2) is 8.44. The molecule has 1 aromatic heterocycles. The van der Waals surface area contributed by atoms with Crippen molar-refractivity contribution >= 4 is 17.2 Å². The molecule has 0 saturated heterocycles. The molecule has 0 unspecified atom stereocenters. The van der Waals surface area contributed by atoms with Gasteiger partial charge in [-0.05, 0) is 30.2 Å². The molecule has 0 atom stereocenters. The van der Waals surface area contributed by atoms with E-state index in [0.29, 0.717) is 12.3 Å². The van der Waals surface area contributed by atoms with Crippen molar-refractivity contribution in [1.29, 1.82) is 0 Å². The summed E-state index contributed by atoms with van der Waals surface area (Å²) in [6.45, 7) is 2.56. The van der Waals surface area contributed by atoms with Gasteiger partial charge in [0.05, 0.1) is 10.7 Å². The molecule has 0 saturated carbocycles. The Bertz CT molecular complexity index is 813. The van der Waals surface area contributed by atoms with Crippen LogP contribution < -0.4 is 10.1 Å². The van der Waals surface area contributed by atoms with Crippen LogP contribution in [0.3, 0.4) is 0 Å². The summed E-state index contributed by atoms with van der Waals surface area (Å²) in [6.07, 6.45) is 0.738. The van der Waals surface area contributed by atoms with E-state index in [1.54, 1.807) is 11.3 Å². The summed E-state index contributed by atoms with van der Waals surface area (Å²) < 4.78 is 5.54. The Labute approximate surface area is 151 Å². The number of aromatic nitrogens is 1. The molecule has 1 N–H and O–H groups in total. The van der Waals surface area contributed by atoms with Gasteiger partial charge in [-0.2, -0.15) is 0 Å². The molecule has 1 amide bonds. The van der Waals surface area contributed by atoms with Gasteiger partial charge in [0.25, 0.3) is 5.91 Å². The molecule has 128 valence electrons. The first kappa shape index (κ1) is 17.2. The molecule has 4 nitrogen and oxygen atoms in total. The van der Waals surface area contributed by atoms with Gasteiger partial charge in [-0.1, -0.05) is 42.5 Å². The Hall–Kier alpha value is -2.66. The fourth-order valence-electron chi connectivity index (χ4n) is 2.43. The summed E-state index contributed by atoms with van der Waals surface area (Å²) in [4.78, 5) is 16.2. The Morgan fingerprint density at radius 3 is 2.48 bits per heavy atom. The Morgan fingerprint density at radius 1 is 1.08 bits per heavy atom. The zero-order valence-corrected chi connectivity index (χ0v) is 14.9. The average Bonchev–Trinajstić information content (AvgIpc) is 3.06. The van der Waals surface area contributed by atoms with Crippen LogP contribution in [-0.4, -0.2) is 24.0 Å². The van der Waals surface area contributed by atoms with Crippen molar-refractivity contribution in [3.8, 4) is 16.9 Å². The zero-order valence-electron chi connectivity index (χ0n) is 14.1. The van der Waals surface area contributed by atoms with Gasteiger partial charge in [0.1, 0.15) is 5.75 Å². The van der Waals surface area contributed by atoms with Gasteiger partial charge in [0.2, 0.25) is 0 Å². The lowest BCUT2D eigenvalue weighted by atomic mass is 10.1. The Morgan fingerprint density at radius 2 is 1.80 bits per heavy atom. The quantitative estimate of drug-likeness (QED) is 0.702. The summed E-state index contributed by atoms with van der Waals surface area (Å²) >= 11 is 1.62. The molecule has 0 aliphatic heterocycles. The van der Waals surface area contributed by atoms with Crippen LogP contribution in [0.4, 0.5) is 0 Å². The summed E-state index contributed by atoms with van der Waals surface area (Å²) in [5, 5.41) is 5.91. The minimum absolute atomic E-state index is 0.0147. The van der Waals surface area contributed by atoms with Crippen LogP contribution in [0.25, 0.3) is 11.1 Å². The molecular weight excluding hydrogens is 332 g/mol. The van der Waals surface area contributed by atoms with Crippen LogP contribution in [-0.2, 0) is 11.2 Å². The second-order valence-corrected chi connectivity index (χ2v) is 6.70. The normalized spacial score (nSPS) is 10.4. The predicted octanol–water partition coefficient (Wildman–Crippen LogP) is 3.86. The smallest absolute Gasteiger partial charge is 0.257 e. The number of nitrogens with one attached hydrogen (secondary N) is 1. The molecule has 0 spiro atoms. The van der Waals surface area contributed by atoms with Gasteiger partial charge >= 0.3 is 0 Å². The van der Waals surface area contributed by atoms with Gasteiger partial charge in [-0.15, -0.1) is 11.3 Å². The lowest BCUT2D eigenvalue weighted by Gasteiger charge is -2.08. The number of ether oxygens (including phenoxy) is 1. The highest BCUT2D eigenvalue weighted by Gasteiger charge is 2.04. The fourth-order valence-corrected chi connectivity index (χ4v) is 3.07. The average molecular weight is 352 g/mol. The summed E-state index contributed by atoms with van der Waals surface area (Å²) in [6, 6.07) is 17.9. The number of carbonyl (C=O) groups is 1. The van der Waals surface area contributed by atoms with Crippen molar-refractivity contribution in [3.63, 3.8) is 0 Å². The highest BCUT2D eigenvalue weighted by Crippen LogP contribution is 2.21. The van der Waals surface area contributed by atoms with Crippen LogP contribution in [0.1, 0.15) is 10.7 Å². The molecular formula is C20H20N2O2S. The Balaban J connectivity index is 1.42. The molecule has 0 aliphatic rings. The van der Waals surface area contributed by atoms with Gasteiger partial charge < -0.3 is 10.1 Å². The number of nitrogens with zero attached hydrogens (tertiary/aromatic N) is 1. The third kappa shape index (κ3) is 5.16. The topological polar surface area (TPSA) is 51.2 Å². The predicted molar refractivity (Wildman–Crippen MR) is 101 cm³/mol. The number of hydrogen-bond donors (Lipinski definition) is 1. The lowest BCUT2D eigenvalue weighted by Crippen LogP contribution is -2.30. The van der Waals surface area contributed by atoms with Crippen LogP contribution in [0.2, 0.25) is 0 Å². The van der Waals surface area contributed by atoms with Crippen LogP contribution >= 0.6 is 11.3 Å². The van der Waals surface area contributed by atoms with E-state index in [4.69, 9.17) is 4.74 Å². The van der Waals surface area contributed by atoms with Crippen molar-refractivity contribution in [2.24, 2.45) is 0 Å². The number of hydrogen-bond acceptors (Lipinski definition) is 4. The number of rotatable bonds is 7. The van der Waals surface area contributed by atoms with E-state index in [0.717, 1.165) is 28.2 Å². The van der Waals surface area contributed by atoms with Gasteiger partial charge in [-0.25, -0.2) is 4.98 Å². The maximum absolute atomic E-state index is 11.8. The molecule has 0 bridgehead atoms. The van der Waals surface area contributed by atoms with E-state index in [1.807, 2.05) is 54.8 Å². The molecule has 5 heteroatoms. The number of benzene rings is 2. The van der Waals surface area contributed by atoms with Gasteiger partial charge in [-0.3, -0.25) is 4.79 Å². The third-order valence-electron chi connectivity index (χ3n) is 3.70. The van der Waals surface area contributed by atoms with E-state index in [1.165, 1.54) is 0 Å². The summed E-state index contributed by atoms with van der Waals surface area (Å²) in [7, 11) is 0. The molecule has 0 aliphatic carbocycles. The first-order valence-electron chi connectivity index (χ1n) is 8.17. The van der Waals surface area contributed by atoms with Crippen molar-refractivity contribution in [1.82, 2.24) is 10.3 Å². The third-order valence-corrected chi connectivity index (χ3v) is 4.52. The maximum atomic E-state index is 11.8. The number of thiazole rings is 1.